The van der Waals surface area contributed by atoms with Gasteiger partial charge in [-0.05, 0) is 43.9 Å². The molecule has 1 rings (SSSR count). The zero-order valence-corrected chi connectivity index (χ0v) is 10.7. The molecule has 0 saturated heterocycles. The zero-order valence-electron chi connectivity index (χ0n) is 9.96. The highest BCUT2D eigenvalue weighted by molar-refractivity contribution is 6.30. The van der Waals surface area contributed by atoms with E-state index < -0.39 is 11.9 Å². The van der Waals surface area contributed by atoms with Gasteiger partial charge >= 0.3 is 0 Å². The predicted octanol–water partition coefficient (Wildman–Crippen LogP) is 3.20. The molecule has 0 aromatic heterocycles. The minimum atomic E-state index is -0.433. The number of aliphatic hydroxyl groups excluding tert-OH is 1. The third kappa shape index (κ3) is 5.48. The van der Waals surface area contributed by atoms with Crippen LogP contribution in [-0.4, -0.2) is 24.4 Å². The van der Waals surface area contributed by atoms with Gasteiger partial charge in [0.1, 0.15) is 5.82 Å². The first-order valence-electron chi connectivity index (χ1n) is 5.83. The minimum absolute atomic E-state index is 0.101. The van der Waals surface area contributed by atoms with E-state index in [9.17, 15) is 9.50 Å². The molecule has 17 heavy (non-hydrogen) atoms. The SMILES string of the molecule is CCOCCCC(O)Cc1ccc(F)c(Cl)c1. The van der Waals surface area contributed by atoms with Crippen molar-refractivity contribution in [3.63, 3.8) is 0 Å². The molecule has 0 bridgehead atoms. The van der Waals surface area contributed by atoms with Gasteiger partial charge < -0.3 is 9.84 Å². The topological polar surface area (TPSA) is 29.5 Å². The quantitative estimate of drug-likeness (QED) is 0.763. The van der Waals surface area contributed by atoms with Crippen LogP contribution in [0.4, 0.5) is 4.39 Å². The normalized spacial score (nSPS) is 12.7. The van der Waals surface area contributed by atoms with Crippen molar-refractivity contribution < 1.29 is 14.2 Å². The summed E-state index contributed by atoms with van der Waals surface area (Å²) in [4.78, 5) is 0. The number of hydrogen-bond acceptors (Lipinski definition) is 2. The fraction of sp³-hybridized carbons (Fsp3) is 0.538. The summed E-state index contributed by atoms with van der Waals surface area (Å²) in [5.41, 5.74) is 0.848. The number of aliphatic hydroxyl groups is 1. The van der Waals surface area contributed by atoms with Crippen molar-refractivity contribution in [2.75, 3.05) is 13.2 Å². The van der Waals surface area contributed by atoms with E-state index in [0.29, 0.717) is 26.1 Å². The first-order valence-corrected chi connectivity index (χ1v) is 6.21. The summed E-state index contributed by atoms with van der Waals surface area (Å²) in [6.07, 6.45) is 1.56. The number of benzene rings is 1. The Morgan fingerprint density at radius 1 is 1.47 bits per heavy atom. The lowest BCUT2D eigenvalue weighted by Crippen LogP contribution is -2.11. The van der Waals surface area contributed by atoms with Gasteiger partial charge in [-0.15, -0.1) is 0 Å². The summed E-state index contributed by atoms with van der Waals surface area (Å²) in [6.45, 7) is 3.30. The molecule has 1 unspecified atom stereocenters. The first-order chi connectivity index (χ1) is 8.13. The monoisotopic (exact) mass is 260 g/mol. The summed E-state index contributed by atoms with van der Waals surface area (Å²) in [5.74, 6) is -0.429. The third-order valence-corrected chi connectivity index (χ3v) is 2.78. The van der Waals surface area contributed by atoms with Gasteiger partial charge in [0.2, 0.25) is 0 Å². The highest BCUT2D eigenvalue weighted by Gasteiger charge is 2.07. The smallest absolute Gasteiger partial charge is 0.141 e. The van der Waals surface area contributed by atoms with Gasteiger partial charge in [0.05, 0.1) is 11.1 Å². The summed E-state index contributed by atoms with van der Waals surface area (Å²) in [6, 6.07) is 4.53. The Bertz CT molecular complexity index is 344. The maximum Gasteiger partial charge on any atom is 0.141 e. The molecular weight excluding hydrogens is 243 g/mol. The lowest BCUT2D eigenvalue weighted by atomic mass is 10.0. The van der Waals surface area contributed by atoms with Gasteiger partial charge in [-0.2, -0.15) is 0 Å². The van der Waals surface area contributed by atoms with Crippen molar-refractivity contribution in [2.45, 2.75) is 32.3 Å². The van der Waals surface area contributed by atoms with E-state index in [4.69, 9.17) is 16.3 Å². The molecule has 0 saturated carbocycles. The van der Waals surface area contributed by atoms with Crippen molar-refractivity contribution in [3.05, 3.63) is 34.6 Å². The molecule has 1 aromatic carbocycles. The van der Waals surface area contributed by atoms with Gasteiger partial charge in [-0.25, -0.2) is 4.39 Å². The molecule has 0 spiro atoms. The molecule has 4 heteroatoms. The molecule has 0 aliphatic rings. The average molecular weight is 261 g/mol. The Morgan fingerprint density at radius 2 is 2.24 bits per heavy atom. The fourth-order valence-electron chi connectivity index (χ4n) is 1.61. The van der Waals surface area contributed by atoms with E-state index in [-0.39, 0.29) is 5.02 Å². The van der Waals surface area contributed by atoms with Gasteiger partial charge in [0.25, 0.3) is 0 Å². The van der Waals surface area contributed by atoms with Gasteiger partial charge in [-0.1, -0.05) is 17.7 Å². The Balaban J connectivity index is 2.34. The molecule has 1 atom stereocenters. The number of halogens is 2. The van der Waals surface area contributed by atoms with Gasteiger partial charge in [-0.3, -0.25) is 0 Å². The van der Waals surface area contributed by atoms with Crippen molar-refractivity contribution in [3.8, 4) is 0 Å². The second kappa shape index (κ2) is 7.64. The van der Waals surface area contributed by atoms with E-state index >= 15 is 0 Å². The zero-order chi connectivity index (χ0) is 12.7. The second-order valence-electron chi connectivity index (χ2n) is 3.95. The second-order valence-corrected chi connectivity index (χ2v) is 4.35. The van der Waals surface area contributed by atoms with Crippen LogP contribution >= 0.6 is 11.6 Å². The van der Waals surface area contributed by atoms with E-state index in [2.05, 4.69) is 0 Å². The van der Waals surface area contributed by atoms with Crippen LogP contribution in [0.3, 0.4) is 0 Å². The lowest BCUT2D eigenvalue weighted by molar-refractivity contribution is 0.114. The van der Waals surface area contributed by atoms with Crippen molar-refractivity contribution in [1.29, 1.82) is 0 Å². The summed E-state index contributed by atoms with van der Waals surface area (Å²) >= 11 is 5.67. The maximum absolute atomic E-state index is 12.9. The fourth-order valence-corrected chi connectivity index (χ4v) is 1.81. The van der Waals surface area contributed by atoms with E-state index in [1.807, 2.05) is 6.92 Å². The Kier molecular flexibility index (Phi) is 6.48. The Labute approximate surface area is 106 Å². The van der Waals surface area contributed by atoms with E-state index in [1.54, 1.807) is 12.1 Å². The number of rotatable bonds is 7. The molecule has 0 heterocycles. The molecule has 0 amide bonds. The average Bonchev–Trinajstić information content (AvgIpc) is 2.30. The predicted molar refractivity (Wildman–Crippen MR) is 66.8 cm³/mol. The first kappa shape index (κ1) is 14.4. The van der Waals surface area contributed by atoms with Gasteiger partial charge in [0.15, 0.2) is 0 Å². The third-order valence-electron chi connectivity index (χ3n) is 2.49. The Morgan fingerprint density at radius 3 is 2.88 bits per heavy atom. The standard InChI is InChI=1S/C13H18ClFO2/c1-2-17-7-3-4-11(16)8-10-5-6-13(15)12(14)9-10/h5-6,9,11,16H,2-4,7-8H2,1H3. The van der Waals surface area contributed by atoms with Crippen molar-refractivity contribution in [1.82, 2.24) is 0 Å². The van der Waals surface area contributed by atoms with E-state index in [0.717, 1.165) is 12.0 Å². The van der Waals surface area contributed by atoms with Gasteiger partial charge in [0, 0.05) is 13.2 Å². The van der Waals surface area contributed by atoms with E-state index in [1.165, 1.54) is 6.07 Å². The van der Waals surface area contributed by atoms with Crippen LogP contribution in [-0.2, 0) is 11.2 Å². The van der Waals surface area contributed by atoms with Crippen molar-refractivity contribution >= 4 is 11.6 Å². The summed E-state index contributed by atoms with van der Waals surface area (Å²) in [5, 5.41) is 9.87. The van der Waals surface area contributed by atoms with Crippen LogP contribution < -0.4 is 0 Å². The molecule has 2 nitrogen and oxygen atoms in total. The highest BCUT2D eigenvalue weighted by Crippen LogP contribution is 2.17. The van der Waals surface area contributed by atoms with Crippen molar-refractivity contribution in [2.24, 2.45) is 0 Å². The molecule has 0 aliphatic carbocycles. The molecule has 1 aromatic rings. The highest BCUT2D eigenvalue weighted by atomic mass is 35.5. The Hall–Kier alpha value is -0.640. The summed E-state index contributed by atoms with van der Waals surface area (Å²) < 4.78 is 18.1. The van der Waals surface area contributed by atoms with Crippen LogP contribution in [0.25, 0.3) is 0 Å². The van der Waals surface area contributed by atoms with Crippen LogP contribution in [0.2, 0.25) is 5.02 Å². The molecule has 0 aliphatic heterocycles. The van der Waals surface area contributed by atoms with Crippen LogP contribution in [0.15, 0.2) is 18.2 Å². The molecule has 96 valence electrons. The molecule has 0 fully saturated rings. The maximum atomic E-state index is 12.9. The van der Waals surface area contributed by atoms with Crippen LogP contribution in [0.1, 0.15) is 25.3 Å². The molecular formula is C13H18ClFO2. The number of ether oxygens (including phenoxy) is 1. The summed E-state index contributed by atoms with van der Waals surface area (Å²) in [7, 11) is 0. The molecule has 0 radical (unpaired) electrons. The van der Waals surface area contributed by atoms with Crippen LogP contribution in [0, 0.1) is 5.82 Å². The minimum Gasteiger partial charge on any atom is -0.393 e. The van der Waals surface area contributed by atoms with Crippen LogP contribution in [0.5, 0.6) is 0 Å². The largest absolute Gasteiger partial charge is 0.393 e. The number of hydrogen-bond donors (Lipinski definition) is 1. The molecule has 1 N–H and O–H groups in total. The lowest BCUT2D eigenvalue weighted by Gasteiger charge is -2.10.